The molecule has 19 heavy (non-hydrogen) atoms. The number of nitrogens with one attached hydrogen (secondary N) is 1. The molecule has 0 spiro atoms. The largest absolute Gasteiger partial charge is 0.352 e. The number of unbranched alkanes of at least 4 members (excludes halogenated alkanes) is 1. The van der Waals surface area contributed by atoms with Crippen LogP contribution in [-0.2, 0) is 13.1 Å². The van der Waals surface area contributed by atoms with Crippen molar-refractivity contribution >= 4 is 21.9 Å². The first-order chi connectivity index (χ1) is 9.19. The molecule has 0 atom stereocenters. The van der Waals surface area contributed by atoms with Gasteiger partial charge in [0.25, 0.3) is 0 Å². The van der Waals surface area contributed by atoms with E-state index >= 15 is 0 Å². The summed E-state index contributed by atoms with van der Waals surface area (Å²) in [6.45, 7) is 6.07. The Bertz CT molecular complexity index is 517. The molecule has 0 amide bonds. The monoisotopic (exact) mass is 321 g/mol. The van der Waals surface area contributed by atoms with Gasteiger partial charge in [-0.15, -0.1) is 0 Å². The predicted octanol–water partition coefficient (Wildman–Crippen LogP) is 4.37. The van der Waals surface area contributed by atoms with Crippen LogP contribution in [-0.4, -0.2) is 9.55 Å². The average molecular weight is 322 g/mol. The third-order valence-corrected chi connectivity index (χ3v) is 3.54. The van der Waals surface area contributed by atoms with E-state index in [1.165, 1.54) is 18.4 Å². The number of aryl methyl sites for hydroxylation is 2. The SMILES string of the molecule is CCCCn1cc(C)nc1NCc1ccc(Br)cc1. The minimum absolute atomic E-state index is 0.801. The Morgan fingerprint density at radius 3 is 2.68 bits per heavy atom. The number of aromatic nitrogens is 2. The fourth-order valence-electron chi connectivity index (χ4n) is 1.97. The van der Waals surface area contributed by atoms with E-state index in [9.17, 15) is 0 Å². The number of imidazole rings is 1. The molecule has 0 aliphatic rings. The van der Waals surface area contributed by atoms with Gasteiger partial charge in [0.1, 0.15) is 0 Å². The quantitative estimate of drug-likeness (QED) is 0.856. The number of rotatable bonds is 6. The van der Waals surface area contributed by atoms with Crippen LogP contribution in [0.5, 0.6) is 0 Å². The van der Waals surface area contributed by atoms with E-state index in [0.29, 0.717) is 0 Å². The first-order valence-corrected chi connectivity index (χ1v) is 7.50. The fourth-order valence-corrected chi connectivity index (χ4v) is 2.23. The van der Waals surface area contributed by atoms with E-state index in [1.807, 2.05) is 6.92 Å². The van der Waals surface area contributed by atoms with Gasteiger partial charge >= 0.3 is 0 Å². The molecule has 0 bridgehead atoms. The molecule has 3 nitrogen and oxygen atoms in total. The Hall–Kier alpha value is -1.29. The van der Waals surface area contributed by atoms with Crippen LogP contribution in [0.25, 0.3) is 0 Å². The summed E-state index contributed by atoms with van der Waals surface area (Å²) in [5, 5.41) is 3.42. The molecule has 0 saturated heterocycles. The van der Waals surface area contributed by atoms with Crippen molar-refractivity contribution < 1.29 is 0 Å². The highest BCUT2D eigenvalue weighted by molar-refractivity contribution is 9.10. The lowest BCUT2D eigenvalue weighted by molar-refractivity contribution is 0.634. The van der Waals surface area contributed by atoms with Crippen molar-refractivity contribution in [2.75, 3.05) is 5.32 Å². The van der Waals surface area contributed by atoms with E-state index in [-0.39, 0.29) is 0 Å². The van der Waals surface area contributed by atoms with Crippen LogP contribution >= 0.6 is 15.9 Å². The van der Waals surface area contributed by atoms with Gasteiger partial charge < -0.3 is 9.88 Å². The lowest BCUT2D eigenvalue weighted by atomic mass is 10.2. The second kappa shape index (κ2) is 6.75. The highest BCUT2D eigenvalue weighted by atomic mass is 79.9. The summed E-state index contributed by atoms with van der Waals surface area (Å²) in [6, 6.07) is 8.35. The average Bonchev–Trinajstić information content (AvgIpc) is 2.76. The van der Waals surface area contributed by atoms with Crippen LogP contribution in [0, 0.1) is 6.92 Å². The summed E-state index contributed by atoms with van der Waals surface area (Å²) in [7, 11) is 0. The van der Waals surface area contributed by atoms with E-state index in [2.05, 4.69) is 68.2 Å². The van der Waals surface area contributed by atoms with Gasteiger partial charge in [-0.2, -0.15) is 0 Å². The highest BCUT2D eigenvalue weighted by Crippen LogP contribution is 2.14. The maximum Gasteiger partial charge on any atom is 0.203 e. The Morgan fingerprint density at radius 1 is 1.26 bits per heavy atom. The summed E-state index contributed by atoms with van der Waals surface area (Å²) in [5.74, 6) is 0.967. The van der Waals surface area contributed by atoms with Crippen LogP contribution < -0.4 is 5.32 Å². The molecule has 1 aromatic heterocycles. The molecule has 0 saturated carbocycles. The number of anilines is 1. The zero-order valence-electron chi connectivity index (χ0n) is 11.5. The first kappa shape index (κ1) is 14.1. The van der Waals surface area contributed by atoms with Gasteiger partial charge in [0.15, 0.2) is 0 Å². The van der Waals surface area contributed by atoms with Crippen molar-refractivity contribution in [1.82, 2.24) is 9.55 Å². The number of nitrogens with zero attached hydrogens (tertiary/aromatic N) is 2. The Kier molecular flexibility index (Phi) is 5.02. The number of hydrogen-bond acceptors (Lipinski definition) is 2. The van der Waals surface area contributed by atoms with Gasteiger partial charge in [0, 0.05) is 23.8 Å². The molecule has 1 aromatic carbocycles. The van der Waals surface area contributed by atoms with Gasteiger partial charge in [-0.05, 0) is 31.0 Å². The summed E-state index contributed by atoms with van der Waals surface area (Å²) < 4.78 is 3.31. The lowest BCUT2D eigenvalue weighted by Crippen LogP contribution is -2.07. The molecule has 1 heterocycles. The summed E-state index contributed by atoms with van der Waals surface area (Å²) >= 11 is 3.45. The van der Waals surface area contributed by atoms with E-state index in [1.54, 1.807) is 0 Å². The molecule has 102 valence electrons. The van der Waals surface area contributed by atoms with E-state index < -0.39 is 0 Å². The smallest absolute Gasteiger partial charge is 0.203 e. The molecule has 0 aliphatic heterocycles. The zero-order valence-corrected chi connectivity index (χ0v) is 13.1. The molecule has 0 fully saturated rings. The highest BCUT2D eigenvalue weighted by Gasteiger charge is 2.04. The third-order valence-electron chi connectivity index (χ3n) is 3.01. The normalized spacial score (nSPS) is 10.7. The minimum Gasteiger partial charge on any atom is -0.352 e. The summed E-state index contributed by atoms with van der Waals surface area (Å²) in [6.07, 6.45) is 4.49. The minimum atomic E-state index is 0.801. The molecule has 0 aliphatic carbocycles. The second-order valence-electron chi connectivity index (χ2n) is 4.73. The van der Waals surface area contributed by atoms with Crippen LogP contribution in [0.3, 0.4) is 0 Å². The number of hydrogen-bond donors (Lipinski definition) is 1. The second-order valence-corrected chi connectivity index (χ2v) is 5.65. The topological polar surface area (TPSA) is 29.9 Å². The standard InChI is InChI=1S/C15H20BrN3/c1-3-4-9-19-11-12(2)18-15(19)17-10-13-5-7-14(16)8-6-13/h5-8,11H,3-4,9-10H2,1-2H3,(H,17,18). The maximum atomic E-state index is 4.54. The molecule has 1 N–H and O–H groups in total. The molecular weight excluding hydrogens is 302 g/mol. The summed E-state index contributed by atoms with van der Waals surface area (Å²) in [5.41, 5.74) is 2.32. The van der Waals surface area contributed by atoms with Gasteiger partial charge in [0.05, 0.1) is 5.69 Å². The molecule has 2 aromatic rings. The van der Waals surface area contributed by atoms with Gasteiger partial charge in [0.2, 0.25) is 5.95 Å². The third kappa shape index (κ3) is 4.10. The van der Waals surface area contributed by atoms with Crippen LogP contribution in [0.2, 0.25) is 0 Å². The molecule has 4 heteroatoms. The Morgan fingerprint density at radius 2 is 2.00 bits per heavy atom. The van der Waals surface area contributed by atoms with Crippen molar-refractivity contribution in [2.24, 2.45) is 0 Å². The van der Waals surface area contributed by atoms with Crippen LogP contribution in [0.15, 0.2) is 34.9 Å². The van der Waals surface area contributed by atoms with Gasteiger partial charge in [-0.3, -0.25) is 0 Å². The predicted molar refractivity (Wildman–Crippen MR) is 83.3 cm³/mol. The maximum absolute atomic E-state index is 4.54. The molecular formula is C15H20BrN3. The van der Waals surface area contributed by atoms with E-state index in [4.69, 9.17) is 0 Å². The van der Waals surface area contributed by atoms with Gasteiger partial charge in [-0.25, -0.2) is 4.98 Å². The number of benzene rings is 1. The van der Waals surface area contributed by atoms with Crippen molar-refractivity contribution in [1.29, 1.82) is 0 Å². The molecule has 0 unspecified atom stereocenters. The molecule has 2 rings (SSSR count). The van der Waals surface area contributed by atoms with Crippen molar-refractivity contribution in [3.05, 3.63) is 46.2 Å². The lowest BCUT2D eigenvalue weighted by Gasteiger charge is -2.09. The van der Waals surface area contributed by atoms with E-state index in [0.717, 1.165) is 29.2 Å². The Labute approximate surface area is 123 Å². The van der Waals surface area contributed by atoms with Crippen molar-refractivity contribution in [3.8, 4) is 0 Å². The van der Waals surface area contributed by atoms with Crippen molar-refractivity contribution in [2.45, 2.75) is 39.8 Å². The molecule has 0 radical (unpaired) electrons. The number of halogens is 1. The fraction of sp³-hybridized carbons (Fsp3) is 0.400. The Balaban J connectivity index is 2.00. The van der Waals surface area contributed by atoms with Crippen LogP contribution in [0.1, 0.15) is 31.0 Å². The first-order valence-electron chi connectivity index (χ1n) is 6.71. The summed E-state index contributed by atoms with van der Waals surface area (Å²) in [4.78, 5) is 4.54. The van der Waals surface area contributed by atoms with Crippen molar-refractivity contribution in [3.63, 3.8) is 0 Å². The van der Waals surface area contributed by atoms with Gasteiger partial charge in [-0.1, -0.05) is 41.4 Å². The van der Waals surface area contributed by atoms with Crippen LogP contribution in [0.4, 0.5) is 5.95 Å². The zero-order chi connectivity index (χ0) is 13.7.